The average molecular weight is 583 g/mol. The van der Waals surface area contributed by atoms with Gasteiger partial charge in [0.25, 0.3) is 5.91 Å². The summed E-state index contributed by atoms with van der Waals surface area (Å²) in [6.07, 6.45) is -1.46. The lowest BCUT2D eigenvalue weighted by atomic mass is 10.0. The first kappa shape index (κ1) is 31.6. The van der Waals surface area contributed by atoms with Gasteiger partial charge in [-0.05, 0) is 86.8 Å². The molecule has 0 aromatic heterocycles. The molecule has 41 heavy (non-hydrogen) atoms. The van der Waals surface area contributed by atoms with Crippen LogP contribution in [0, 0.1) is 0 Å². The topological polar surface area (TPSA) is 125 Å². The Hall–Kier alpha value is -3.92. The van der Waals surface area contributed by atoms with Gasteiger partial charge in [-0.1, -0.05) is 35.9 Å². The van der Waals surface area contributed by atoms with Crippen molar-refractivity contribution in [3.05, 3.63) is 100 Å². The van der Waals surface area contributed by atoms with Crippen molar-refractivity contribution in [1.82, 2.24) is 4.90 Å². The number of ether oxygens (including phenoxy) is 2. The molecule has 2 atom stereocenters. The van der Waals surface area contributed by atoms with Gasteiger partial charge < -0.3 is 25.0 Å². The van der Waals surface area contributed by atoms with Crippen molar-refractivity contribution in [2.24, 2.45) is 0 Å². The number of carbonyl (C=O) groups is 3. The van der Waals surface area contributed by atoms with Crippen molar-refractivity contribution >= 4 is 35.3 Å². The fourth-order valence-corrected chi connectivity index (χ4v) is 4.25. The zero-order valence-electron chi connectivity index (χ0n) is 23.5. The molecule has 0 aliphatic heterocycles. The second-order valence-corrected chi connectivity index (χ2v) is 10.9. The van der Waals surface area contributed by atoms with Crippen LogP contribution in [0.1, 0.15) is 58.7 Å². The van der Waals surface area contributed by atoms with Crippen LogP contribution < -0.4 is 5.32 Å². The van der Waals surface area contributed by atoms with Crippen LogP contribution in [0.5, 0.6) is 0 Å². The molecule has 0 aliphatic rings. The predicted molar refractivity (Wildman–Crippen MR) is 156 cm³/mol. The van der Waals surface area contributed by atoms with Gasteiger partial charge in [0.1, 0.15) is 5.60 Å². The van der Waals surface area contributed by atoms with Crippen LogP contribution in [0.15, 0.2) is 72.8 Å². The second kappa shape index (κ2) is 14.1. The zero-order chi connectivity index (χ0) is 30.2. The van der Waals surface area contributed by atoms with E-state index in [1.807, 2.05) is 0 Å². The molecule has 10 heteroatoms. The fraction of sp³-hybridized carbons (Fsp3) is 0.323. The highest BCUT2D eigenvalue weighted by molar-refractivity contribution is 6.30. The SMILES string of the molecule is COC(=O)c1ccc(C(=O)Nc2ccc(C[C@@H](CO)N(C[C@H](O)c3cccc(Cl)c3)C(=O)OC(C)(C)C)cc2)cc1. The van der Waals surface area contributed by atoms with E-state index in [4.69, 9.17) is 16.3 Å². The minimum atomic E-state index is -1.06. The maximum atomic E-state index is 13.2. The predicted octanol–water partition coefficient (Wildman–Crippen LogP) is 5.25. The van der Waals surface area contributed by atoms with E-state index in [9.17, 15) is 24.6 Å². The van der Waals surface area contributed by atoms with Crippen LogP contribution in [0.3, 0.4) is 0 Å². The molecule has 0 aliphatic carbocycles. The van der Waals surface area contributed by atoms with E-state index in [-0.39, 0.29) is 25.5 Å². The van der Waals surface area contributed by atoms with Gasteiger partial charge in [-0.15, -0.1) is 0 Å². The van der Waals surface area contributed by atoms with E-state index < -0.39 is 29.8 Å². The highest BCUT2D eigenvalue weighted by atomic mass is 35.5. The van der Waals surface area contributed by atoms with Crippen LogP contribution in [0.25, 0.3) is 0 Å². The number of methoxy groups -OCH3 is 1. The lowest BCUT2D eigenvalue weighted by Crippen LogP contribution is -2.48. The quantitative estimate of drug-likeness (QED) is 0.279. The highest BCUT2D eigenvalue weighted by Gasteiger charge is 2.30. The number of anilines is 1. The minimum Gasteiger partial charge on any atom is -0.465 e. The van der Waals surface area contributed by atoms with Gasteiger partial charge >= 0.3 is 12.1 Å². The maximum absolute atomic E-state index is 13.2. The smallest absolute Gasteiger partial charge is 0.410 e. The lowest BCUT2D eigenvalue weighted by molar-refractivity contribution is -0.00374. The number of carbonyl (C=O) groups excluding carboxylic acids is 3. The van der Waals surface area contributed by atoms with Crippen molar-refractivity contribution in [1.29, 1.82) is 0 Å². The summed E-state index contributed by atoms with van der Waals surface area (Å²) in [6, 6.07) is 19.1. The summed E-state index contributed by atoms with van der Waals surface area (Å²) < 4.78 is 10.2. The molecule has 0 saturated heterocycles. The van der Waals surface area contributed by atoms with E-state index in [0.29, 0.717) is 27.4 Å². The summed E-state index contributed by atoms with van der Waals surface area (Å²) in [7, 11) is 1.29. The monoisotopic (exact) mass is 582 g/mol. The number of nitrogens with one attached hydrogen (secondary N) is 1. The van der Waals surface area contributed by atoms with Gasteiger partial charge in [0, 0.05) is 16.3 Å². The number of halogens is 1. The van der Waals surface area contributed by atoms with Crippen molar-refractivity contribution in [3.8, 4) is 0 Å². The van der Waals surface area contributed by atoms with Crippen LogP contribution in [-0.2, 0) is 15.9 Å². The van der Waals surface area contributed by atoms with E-state index >= 15 is 0 Å². The third-order valence-corrected chi connectivity index (χ3v) is 6.37. The Labute approximate surface area is 244 Å². The summed E-state index contributed by atoms with van der Waals surface area (Å²) in [5.41, 5.74) is 1.78. The molecule has 0 unspecified atom stereocenters. The molecular formula is C31H35ClN2O7. The normalized spacial score (nSPS) is 12.7. The molecule has 218 valence electrons. The largest absolute Gasteiger partial charge is 0.465 e. The summed E-state index contributed by atoms with van der Waals surface area (Å²) in [5, 5.41) is 24.4. The number of benzene rings is 3. The minimum absolute atomic E-state index is 0.122. The molecule has 0 spiro atoms. The number of rotatable bonds is 10. The van der Waals surface area contributed by atoms with Gasteiger partial charge in [0.15, 0.2) is 0 Å². The third-order valence-electron chi connectivity index (χ3n) is 6.13. The molecule has 9 nitrogen and oxygen atoms in total. The third kappa shape index (κ3) is 9.31. The summed E-state index contributed by atoms with van der Waals surface area (Å²) in [4.78, 5) is 38.7. The lowest BCUT2D eigenvalue weighted by Gasteiger charge is -2.34. The van der Waals surface area contributed by atoms with E-state index in [1.54, 1.807) is 69.3 Å². The van der Waals surface area contributed by atoms with Crippen molar-refractivity contribution < 1.29 is 34.1 Å². The Bertz CT molecular complexity index is 1340. The number of nitrogens with zero attached hydrogens (tertiary/aromatic N) is 1. The Morgan fingerprint density at radius 3 is 2.17 bits per heavy atom. The van der Waals surface area contributed by atoms with Crippen molar-refractivity contribution in [2.45, 2.75) is 44.9 Å². The van der Waals surface area contributed by atoms with Crippen LogP contribution in [0.2, 0.25) is 5.02 Å². The molecule has 0 heterocycles. The van der Waals surface area contributed by atoms with E-state index in [2.05, 4.69) is 10.1 Å². The van der Waals surface area contributed by atoms with Crippen molar-refractivity contribution in [2.75, 3.05) is 25.6 Å². The molecule has 0 saturated carbocycles. The van der Waals surface area contributed by atoms with Crippen LogP contribution in [-0.4, -0.2) is 65.0 Å². The maximum Gasteiger partial charge on any atom is 0.410 e. The molecule has 0 fully saturated rings. The number of aliphatic hydroxyl groups is 2. The highest BCUT2D eigenvalue weighted by Crippen LogP contribution is 2.23. The molecule has 2 amide bonds. The molecule has 3 aromatic rings. The molecule has 3 aromatic carbocycles. The Balaban J connectivity index is 1.72. The number of aliphatic hydroxyl groups excluding tert-OH is 2. The summed E-state index contributed by atoms with van der Waals surface area (Å²) >= 11 is 6.07. The zero-order valence-corrected chi connectivity index (χ0v) is 24.2. The second-order valence-electron chi connectivity index (χ2n) is 10.5. The first-order valence-corrected chi connectivity index (χ1v) is 13.4. The molecule has 0 bridgehead atoms. The Morgan fingerprint density at radius 1 is 0.976 bits per heavy atom. The Morgan fingerprint density at radius 2 is 1.61 bits per heavy atom. The van der Waals surface area contributed by atoms with Gasteiger partial charge in [-0.3, -0.25) is 9.69 Å². The standard InChI is InChI=1S/C31H35ClN2O7/c1-31(2,3)41-30(39)34(18-27(36)23-6-5-7-24(32)17-23)26(19-35)16-20-8-14-25(15-9-20)33-28(37)21-10-12-22(13-11-21)29(38)40-4/h5-15,17,26-27,35-36H,16,18-19H2,1-4H3,(H,33,37)/t26-,27-/m0/s1. The van der Waals surface area contributed by atoms with E-state index in [0.717, 1.165) is 5.56 Å². The number of amides is 2. The number of hydrogen-bond acceptors (Lipinski definition) is 7. The number of esters is 1. The van der Waals surface area contributed by atoms with E-state index in [1.165, 1.54) is 36.3 Å². The molecular weight excluding hydrogens is 548 g/mol. The van der Waals surface area contributed by atoms with Crippen molar-refractivity contribution in [3.63, 3.8) is 0 Å². The van der Waals surface area contributed by atoms with Crippen LogP contribution >= 0.6 is 11.6 Å². The molecule has 3 N–H and O–H groups in total. The van der Waals surface area contributed by atoms with Gasteiger partial charge in [-0.25, -0.2) is 9.59 Å². The first-order valence-electron chi connectivity index (χ1n) is 13.0. The first-order chi connectivity index (χ1) is 19.4. The summed E-state index contributed by atoms with van der Waals surface area (Å²) in [6.45, 7) is 4.73. The average Bonchev–Trinajstić information content (AvgIpc) is 2.94. The Kier molecular flexibility index (Phi) is 10.9. The van der Waals surface area contributed by atoms with Gasteiger partial charge in [0.2, 0.25) is 0 Å². The van der Waals surface area contributed by atoms with Crippen LogP contribution in [0.4, 0.5) is 10.5 Å². The van der Waals surface area contributed by atoms with Gasteiger partial charge in [-0.2, -0.15) is 0 Å². The van der Waals surface area contributed by atoms with Gasteiger partial charge in [0.05, 0.1) is 38.0 Å². The molecule has 3 rings (SSSR count). The number of hydrogen-bond donors (Lipinski definition) is 3. The summed E-state index contributed by atoms with van der Waals surface area (Å²) in [5.74, 6) is -0.841. The molecule has 0 radical (unpaired) electrons. The fourth-order valence-electron chi connectivity index (χ4n) is 4.05.